The van der Waals surface area contributed by atoms with E-state index in [1.807, 2.05) is 42.7 Å². The highest BCUT2D eigenvalue weighted by Crippen LogP contribution is 2.44. The van der Waals surface area contributed by atoms with E-state index in [0.29, 0.717) is 12.3 Å². The number of thioether (sulfide) groups is 1. The first-order valence-electron chi connectivity index (χ1n) is 10.9. The summed E-state index contributed by atoms with van der Waals surface area (Å²) in [5, 5.41) is 11.9. The third-order valence-electron chi connectivity index (χ3n) is 5.75. The standard InChI is InChI=1S/C25H30N2O5S/c1-16(2)23(24(30)27(12-13-33-3)14-22(28)29)26-25(31)32-15-21-19-10-6-4-8-17(19)18-9-5-7-11-20(18)21/h4-11,16,21,23H,12-15H2,1-3H3,(H,26,31)(H,28,29)/t23-/m0/s1. The van der Waals surface area contributed by atoms with E-state index >= 15 is 0 Å². The zero-order valence-corrected chi connectivity index (χ0v) is 19.9. The summed E-state index contributed by atoms with van der Waals surface area (Å²) in [7, 11) is 0. The normalized spacial score (nSPS) is 13.2. The fourth-order valence-electron chi connectivity index (χ4n) is 4.11. The summed E-state index contributed by atoms with van der Waals surface area (Å²) >= 11 is 1.52. The lowest BCUT2D eigenvalue weighted by atomic mass is 9.98. The fraction of sp³-hybridized carbons (Fsp3) is 0.400. The molecule has 0 bridgehead atoms. The van der Waals surface area contributed by atoms with Crippen LogP contribution in [0.1, 0.15) is 30.9 Å². The summed E-state index contributed by atoms with van der Waals surface area (Å²) in [6.07, 6.45) is 1.20. The molecule has 0 aromatic heterocycles. The minimum absolute atomic E-state index is 0.0820. The van der Waals surface area contributed by atoms with E-state index in [0.717, 1.165) is 22.3 Å². The van der Waals surface area contributed by atoms with Crippen molar-refractivity contribution in [3.8, 4) is 11.1 Å². The maximum atomic E-state index is 13.0. The van der Waals surface area contributed by atoms with Gasteiger partial charge in [0.1, 0.15) is 19.2 Å². The zero-order chi connectivity index (χ0) is 24.0. The molecule has 7 nitrogen and oxygen atoms in total. The van der Waals surface area contributed by atoms with Crippen molar-refractivity contribution in [2.75, 3.05) is 31.7 Å². The van der Waals surface area contributed by atoms with Gasteiger partial charge in [0.05, 0.1) is 0 Å². The van der Waals surface area contributed by atoms with Gasteiger partial charge in [-0.05, 0) is 34.4 Å². The number of nitrogens with zero attached hydrogens (tertiary/aromatic N) is 1. The first-order chi connectivity index (χ1) is 15.8. The Balaban J connectivity index is 1.68. The lowest BCUT2D eigenvalue weighted by Crippen LogP contribution is -2.53. The topological polar surface area (TPSA) is 95.9 Å². The molecule has 0 aliphatic heterocycles. The molecule has 3 rings (SSSR count). The molecule has 176 valence electrons. The molecule has 2 amide bonds. The maximum Gasteiger partial charge on any atom is 0.407 e. The van der Waals surface area contributed by atoms with Gasteiger partial charge in [-0.15, -0.1) is 0 Å². The van der Waals surface area contributed by atoms with Crippen molar-refractivity contribution in [2.24, 2.45) is 5.92 Å². The predicted molar refractivity (Wildman–Crippen MR) is 129 cm³/mol. The molecule has 0 saturated heterocycles. The van der Waals surface area contributed by atoms with Crippen LogP contribution in [-0.2, 0) is 14.3 Å². The van der Waals surface area contributed by atoms with Crippen molar-refractivity contribution in [3.63, 3.8) is 0 Å². The van der Waals surface area contributed by atoms with Gasteiger partial charge in [0.15, 0.2) is 0 Å². The number of alkyl carbamates (subject to hydrolysis) is 1. The molecule has 1 atom stereocenters. The van der Waals surface area contributed by atoms with Gasteiger partial charge in [-0.25, -0.2) is 4.79 Å². The SMILES string of the molecule is CSCCN(CC(=O)O)C(=O)[C@@H](NC(=O)OCC1c2ccccc2-c2ccccc21)C(C)C. The predicted octanol–water partition coefficient (Wildman–Crippen LogP) is 3.83. The van der Waals surface area contributed by atoms with Crippen LogP contribution >= 0.6 is 11.8 Å². The van der Waals surface area contributed by atoms with E-state index in [1.54, 1.807) is 13.8 Å². The van der Waals surface area contributed by atoms with Crippen LogP contribution in [0.15, 0.2) is 48.5 Å². The van der Waals surface area contributed by atoms with Gasteiger partial charge in [-0.2, -0.15) is 11.8 Å². The van der Waals surface area contributed by atoms with Crippen molar-refractivity contribution >= 4 is 29.7 Å². The van der Waals surface area contributed by atoms with Crippen LogP contribution in [-0.4, -0.2) is 65.7 Å². The number of nitrogens with one attached hydrogen (secondary N) is 1. The van der Waals surface area contributed by atoms with Crippen LogP contribution in [0.4, 0.5) is 4.79 Å². The highest BCUT2D eigenvalue weighted by molar-refractivity contribution is 7.98. The summed E-state index contributed by atoms with van der Waals surface area (Å²) in [4.78, 5) is 38.2. The number of aliphatic carboxylic acids is 1. The molecule has 33 heavy (non-hydrogen) atoms. The van der Waals surface area contributed by atoms with E-state index in [2.05, 4.69) is 17.4 Å². The maximum absolute atomic E-state index is 13.0. The molecule has 2 aromatic rings. The lowest BCUT2D eigenvalue weighted by molar-refractivity contribution is -0.145. The number of rotatable bonds is 10. The van der Waals surface area contributed by atoms with Gasteiger partial charge < -0.3 is 20.1 Å². The highest BCUT2D eigenvalue weighted by Gasteiger charge is 2.32. The zero-order valence-electron chi connectivity index (χ0n) is 19.1. The number of amides is 2. The number of fused-ring (bicyclic) bond motifs is 3. The van der Waals surface area contributed by atoms with E-state index < -0.39 is 30.6 Å². The molecule has 1 aliphatic carbocycles. The van der Waals surface area contributed by atoms with Crippen molar-refractivity contribution in [3.05, 3.63) is 59.7 Å². The number of ether oxygens (including phenoxy) is 1. The van der Waals surface area contributed by atoms with Crippen LogP contribution < -0.4 is 5.32 Å². The van der Waals surface area contributed by atoms with Crippen LogP contribution in [0, 0.1) is 5.92 Å². The Bertz CT molecular complexity index is 964. The minimum atomic E-state index is -1.09. The minimum Gasteiger partial charge on any atom is -0.480 e. The van der Waals surface area contributed by atoms with Gasteiger partial charge >= 0.3 is 12.1 Å². The second kappa shape index (κ2) is 11.2. The van der Waals surface area contributed by atoms with Gasteiger partial charge in [0.2, 0.25) is 5.91 Å². The molecule has 0 saturated carbocycles. The molecule has 0 unspecified atom stereocenters. The van der Waals surface area contributed by atoms with E-state index in [-0.39, 0.29) is 18.4 Å². The number of carboxylic acids is 1. The Morgan fingerprint density at radius 3 is 2.15 bits per heavy atom. The summed E-state index contributed by atoms with van der Waals surface area (Å²) in [6.45, 7) is 3.64. The molecule has 0 spiro atoms. The Kier molecular flexibility index (Phi) is 8.38. The van der Waals surface area contributed by atoms with Crippen LogP contribution in [0.5, 0.6) is 0 Å². The first kappa shape index (κ1) is 24.6. The Labute approximate surface area is 198 Å². The largest absolute Gasteiger partial charge is 0.480 e. The monoisotopic (exact) mass is 470 g/mol. The molecule has 0 fully saturated rings. The molecule has 2 aromatic carbocycles. The average molecular weight is 471 g/mol. The molecule has 0 radical (unpaired) electrons. The van der Waals surface area contributed by atoms with Crippen LogP contribution in [0.25, 0.3) is 11.1 Å². The molecular formula is C25H30N2O5S. The quantitative estimate of drug-likeness (QED) is 0.548. The van der Waals surface area contributed by atoms with Crippen LogP contribution in [0.3, 0.4) is 0 Å². The van der Waals surface area contributed by atoms with Gasteiger partial charge in [0, 0.05) is 18.2 Å². The third-order valence-corrected chi connectivity index (χ3v) is 6.34. The highest BCUT2D eigenvalue weighted by atomic mass is 32.2. The number of benzene rings is 2. The molecular weight excluding hydrogens is 440 g/mol. The molecule has 8 heteroatoms. The van der Waals surface area contributed by atoms with Crippen molar-refractivity contribution in [2.45, 2.75) is 25.8 Å². The number of hydrogen-bond donors (Lipinski definition) is 2. The van der Waals surface area contributed by atoms with Gasteiger partial charge in [-0.1, -0.05) is 62.4 Å². The number of carbonyl (C=O) groups excluding carboxylic acids is 2. The number of carboxylic acid groups (broad SMARTS) is 1. The van der Waals surface area contributed by atoms with Crippen LogP contribution in [0.2, 0.25) is 0 Å². The van der Waals surface area contributed by atoms with Crippen molar-refractivity contribution in [1.82, 2.24) is 10.2 Å². The summed E-state index contributed by atoms with van der Waals surface area (Å²) in [5.74, 6) is -1.22. The Hall–Kier alpha value is -3.00. The lowest BCUT2D eigenvalue weighted by Gasteiger charge is -2.28. The van der Waals surface area contributed by atoms with E-state index in [1.165, 1.54) is 16.7 Å². The summed E-state index contributed by atoms with van der Waals surface area (Å²) in [6, 6.07) is 15.2. The number of carbonyl (C=O) groups is 3. The summed E-state index contributed by atoms with van der Waals surface area (Å²) < 4.78 is 5.57. The van der Waals surface area contributed by atoms with E-state index in [9.17, 15) is 19.5 Å². The second-order valence-corrected chi connectivity index (χ2v) is 9.32. The Morgan fingerprint density at radius 2 is 1.64 bits per heavy atom. The van der Waals surface area contributed by atoms with Crippen molar-refractivity contribution < 1.29 is 24.2 Å². The fourth-order valence-corrected chi connectivity index (χ4v) is 4.51. The first-order valence-corrected chi connectivity index (χ1v) is 12.3. The number of hydrogen-bond acceptors (Lipinski definition) is 5. The Morgan fingerprint density at radius 1 is 1.06 bits per heavy atom. The third kappa shape index (κ3) is 5.87. The summed E-state index contributed by atoms with van der Waals surface area (Å²) in [5.41, 5.74) is 4.48. The van der Waals surface area contributed by atoms with Gasteiger partial charge in [-0.3, -0.25) is 9.59 Å². The molecule has 2 N–H and O–H groups in total. The average Bonchev–Trinajstić information content (AvgIpc) is 3.11. The second-order valence-electron chi connectivity index (χ2n) is 8.34. The smallest absolute Gasteiger partial charge is 0.407 e. The molecule has 1 aliphatic rings. The molecule has 0 heterocycles. The van der Waals surface area contributed by atoms with Gasteiger partial charge in [0.25, 0.3) is 0 Å². The van der Waals surface area contributed by atoms with E-state index in [4.69, 9.17) is 4.74 Å². The van der Waals surface area contributed by atoms with Crippen molar-refractivity contribution in [1.29, 1.82) is 0 Å².